The van der Waals surface area contributed by atoms with Crippen molar-refractivity contribution >= 4 is 23.2 Å². The number of halogens is 1. The highest BCUT2D eigenvalue weighted by molar-refractivity contribution is 6.32. The SMILES string of the molecule is COc1cc(C(=O)Nc2cccc(OCc3ccccn3)c2)cc(Cl)c1OC. The third-order valence-corrected chi connectivity index (χ3v) is 4.18. The minimum Gasteiger partial charge on any atom is -0.493 e. The Kier molecular flexibility index (Phi) is 6.34. The second-order valence-electron chi connectivity index (χ2n) is 5.79. The van der Waals surface area contributed by atoms with Gasteiger partial charge in [-0.25, -0.2) is 0 Å². The molecule has 0 aliphatic rings. The van der Waals surface area contributed by atoms with Crippen LogP contribution in [0.4, 0.5) is 5.69 Å². The van der Waals surface area contributed by atoms with Gasteiger partial charge in [-0.2, -0.15) is 0 Å². The molecule has 1 N–H and O–H groups in total. The summed E-state index contributed by atoms with van der Waals surface area (Å²) in [5.41, 5.74) is 1.76. The molecular formula is C21H19ClN2O4. The van der Waals surface area contributed by atoms with Crippen molar-refractivity contribution in [2.24, 2.45) is 0 Å². The van der Waals surface area contributed by atoms with Crippen LogP contribution in [-0.4, -0.2) is 25.1 Å². The van der Waals surface area contributed by atoms with Gasteiger partial charge in [-0.05, 0) is 36.4 Å². The van der Waals surface area contributed by atoms with Gasteiger partial charge in [-0.15, -0.1) is 0 Å². The maximum absolute atomic E-state index is 12.6. The predicted octanol–water partition coefficient (Wildman–Crippen LogP) is 4.58. The van der Waals surface area contributed by atoms with E-state index in [1.54, 1.807) is 30.5 Å². The molecule has 0 aliphatic heterocycles. The van der Waals surface area contributed by atoms with E-state index in [9.17, 15) is 4.79 Å². The Bertz CT molecular complexity index is 964. The number of carbonyl (C=O) groups excluding carboxylic acids is 1. The molecule has 0 saturated heterocycles. The minimum atomic E-state index is -0.329. The van der Waals surface area contributed by atoms with Crippen molar-refractivity contribution in [2.45, 2.75) is 6.61 Å². The zero-order chi connectivity index (χ0) is 19.9. The Morgan fingerprint density at radius 3 is 2.64 bits per heavy atom. The van der Waals surface area contributed by atoms with Crippen LogP contribution in [0.2, 0.25) is 5.02 Å². The summed E-state index contributed by atoms with van der Waals surface area (Å²) in [6.45, 7) is 0.337. The number of anilines is 1. The molecule has 0 saturated carbocycles. The number of methoxy groups -OCH3 is 2. The molecule has 0 bridgehead atoms. The van der Waals surface area contributed by atoms with E-state index >= 15 is 0 Å². The van der Waals surface area contributed by atoms with E-state index in [1.807, 2.05) is 24.3 Å². The molecule has 2 aromatic carbocycles. The van der Waals surface area contributed by atoms with Crippen LogP contribution in [-0.2, 0) is 6.61 Å². The molecule has 0 spiro atoms. The summed E-state index contributed by atoms with van der Waals surface area (Å²) in [6, 6.07) is 15.8. The molecular weight excluding hydrogens is 380 g/mol. The highest BCUT2D eigenvalue weighted by Gasteiger charge is 2.15. The van der Waals surface area contributed by atoms with Crippen molar-refractivity contribution in [1.29, 1.82) is 0 Å². The molecule has 0 fully saturated rings. The first-order chi connectivity index (χ1) is 13.6. The first-order valence-electron chi connectivity index (χ1n) is 8.46. The number of nitrogens with one attached hydrogen (secondary N) is 1. The molecule has 28 heavy (non-hydrogen) atoms. The van der Waals surface area contributed by atoms with Crippen LogP contribution >= 0.6 is 11.6 Å². The fourth-order valence-corrected chi connectivity index (χ4v) is 2.84. The Morgan fingerprint density at radius 1 is 1.07 bits per heavy atom. The van der Waals surface area contributed by atoms with Crippen LogP contribution in [0.15, 0.2) is 60.8 Å². The quantitative estimate of drug-likeness (QED) is 0.630. The van der Waals surface area contributed by atoms with Crippen molar-refractivity contribution in [3.8, 4) is 17.2 Å². The second-order valence-corrected chi connectivity index (χ2v) is 6.19. The lowest BCUT2D eigenvalue weighted by Crippen LogP contribution is -2.12. The van der Waals surface area contributed by atoms with Gasteiger partial charge in [-0.3, -0.25) is 9.78 Å². The monoisotopic (exact) mass is 398 g/mol. The van der Waals surface area contributed by atoms with E-state index in [1.165, 1.54) is 20.3 Å². The van der Waals surface area contributed by atoms with Crippen molar-refractivity contribution in [1.82, 2.24) is 4.98 Å². The summed E-state index contributed by atoms with van der Waals surface area (Å²) in [4.78, 5) is 16.8. The number of carbonyl (C=O) groups is 1. The summed E-state index contributed by atoms with van der Waals surface area (Å²) < 4.78 is 16.2. The number of rotatable bonds is 7. The number of hydrogen-bond acceptors (Lipinski definition) is 5. The highest BCUT2D eigenvalue weighted by Crippen LogP contribution is 2.36. The van der Waals surface area contributed by atoms with Gasteiger partial charge in [0.2, 0.25) is 0 Å². The lowest BCUT2D eigenvalue weighted by Gasteiger charge is -2.12. The first kappa shape index (κ1) is 19.5. The van der Waals surface area contributed by atoms with Crippen LogP contribution in [0.1, 0.15) is 16.1 Å². The maximum Gasteiger partial charge on any atom is 0.255 e. The zero-order valence-corrected chi connectivity index (χ0v) is 16.2. The van der Waals surface area contributed by atoms with Crippen molar-refractivity contribution < 1.29 is 19.0 Å². The molecule has 3 rings (SSSR count). The lowest BCUT2D eigenvalue weighted by atomic mass is 10.1. The van der Waals surface area contributed by atoms with Gasteiger partial charge in [-0.1, -0.05) is 23.7 Å². The summed E-state index contributed by atoms with van der Waals surface area (Å²) in [5.74, 6) is 1.05. The van der Waals surface area contributed by atoms with E-state index in [4.69, 9.17) is 25.8 Å². The summed E-state index contributed by atoms with van der Waals surface area (Å²) in [7, 11) is 2.97. The number of hydrogen-bond donors (Lipinski definition) is 1. The molecule has 7 heteroatoms. The number of aromatic nitrogens is 1. The number of nitrogens with zero attached hydrogens (tertiary/aromatic N) is 1. The molecule has 1 amide bonds. The van der Waals surface area contributed by atoms with E-state index < -0.39 is 0 Å². The Labute approximate surface area is 168 Å². The normalized spacial score (nSPS) is 10.2. The molecule has 1 aromatic heterocycles. The third-order valence-electron chi connectivity index (χ3n) is 3.90. The Morgan fingerprint density at radius 2 is 1.93 bits per heavy atom. The van der Waals surface area contributed by atoms with Crippen molar-refractivity contribution in [3.05, 3.63) is 77.1 Å². The highest BCUT2D eigenvalue weighted by atomic mass is 35.5. The topological polar surface area (TPSA) is 69.7 Å². The van der Waals surface area contributed by atoms with Gasteiger partial charge in [0.1, 0.15) is 12.4 Å². The van der Waals surface area contributed by atoms with E-state index in [0.717, 1.165) is 5.69 Å². The summed E-state index contributed by atoms with van der Waals surface area (Å²) in [6.07, 6.45) is 1.71. The van der Waals surface area contributed by atoms with E-state index in [0.29, 0.717) is 40.1 Å². The average Bonchev–Trinajstić information content (AvgIpc) is 2.72. The van der Waals surface area contributed by atoms with Crippen LogP contribution in [0.3, 0.4) is 0 Å². The molecule has 144 valence electrons. The van der Waals surface area contributed by atoms with Gasteiger partial charge in [0.15, 0.2) is 11.5 Å². The molecule has 3 aromatic rings. The van der Waals surface area contributed by atoms with E-state index in [2.05, 4.69) is 10.3 Å². The average molecular weight is 399 g/mol. The minimum absolute atomic E-state index is 0.291. The van der Waals surface area contributed by atoms with Gasteiger partial charge in [0.05, 0.1) is 24.9 Å². The van der Waals surface area contributed by atoms with Gasteiger partial charge in [0.25, 0.3) is 5.91 Å². The van der Waals surface area contributed by atoms with Crippen molar-refractivity contribution in [3.63, 3.8) is 0 Å². The fraction of sp³-hybridized carbons (Fsp3) is 0.143. The van der Waals surface area contributed by atoms with Crippen LogP contribution < -0.4 is 19.5 Å². The van der Waals surface area contributed by atoms with Crippen LogP contribution in [0.25, 0.3) is 0 Å². The van der Waals surface area contributed by atoms with E-state index in [-0.39, 0.29) is 5.91 Å². The largest absolute Gasteiger partial charge is 0.493 e. The van der Waals surface area contributed by atoms with Gasteiger partial charge >= 0.3 is 0 Å². The summed E-state index contributed by atoms with van der Waals surface area (Å²) in [5, 5.41) is 3.11. The standard InChI is InChI=1S/C21H19ClN2O4/c1-26-19-11-14(10-18(22)20(19)27-2)21(25)24-15-7-5-8-17(12-15)28-13-16-6-3-4-9-23-16/h3-12H,13H2,1-2H3,(H,24,25). The predicted molar refractivity (Wildman–Crippen MR) is 108 cm³/mol. The van der Waals surface area contributed by atoms with Gasteiger partial charge < -0.3 is 19.5 Å². The zero-order valence-electron chi connectivity index (χ0n) is 15.4. The fourth-order valence-electron chi connectivity index (χ4n) is 2.56. The first-order valence-corrected chi connectivity index (χ1v) is 8.84. The van der Waals surface area contributed by atoms with Crippen LogP contribution in [0, 0.1) is 0 Å². The molecule has 0 aliphatic carbocycles. The van der Waals surface area contributed by atoms with Crippen LogP contribution in [0.5, 0.6) is 17.2 Å². The lowest BCUT2D eigenvalue weighted by molar-refractivity contribution is 0.102. The van der Waals surface area contributed by atoms with Crippen molar-refractivity contribution in [2.75, 3.05) is 19.5 Å². The summed E-state index contributed by atoms with van der Waals surface area (Å²) >= 11 is 6.17. The number of amides is 1. The Balaban J connectivity index is 1.71. The molecule has 1 heterocycles. The van der Waals surface area contributed by atoms with Gasteiger partial charge in [0, 0.05) is 23.5 Å². The molecule has 0 unspecified atom stereocenters. The smallest absolute Gasteiger partial charge is 0.255 e. The molecule has 0 atom stereocenters. The number of ether oxygens (including phenoxy) is 3. The number of benzene rings is 2. The second kappa shape index (κ2) is 9.10. The molecule has 0 radical (unpaired) electrons. The molecule has 6 nitrogen and oxygen atoms in total. The third kappa shape index (κ3) is 4.72. The number of pyridine rings is 1. The maximum atomic E-state index is 12.6. The Hall–Kier alpha value is -3.25.